The second-order valence-electron chi connectivity index (χ2n) is 8.88. The summed E-state index contributed by atoms with van der Waals surface area (Å²) in [6, 6.07) is 15.6. The maximum absolute atomic E-state index is 13.3. The topological polar surface area (TPSA) is 96.3 Å². The molecule has 0 saturated carbocycles. The lowest BCUT2D eigenvalue weighted by molar-refractivity contribution is -0.122. The van der Waals surface area contributed by atoms with Gasteiger partial charge in [0.05, 0.1) is 11.6 Å². The molecule has 5 rings (SSSR count). The summed E-state index contributed by atoms with van der Waals surface area (Å²) in [5, 5.41) is 10.4. The van der Waals surface area contributed by atoms with Crippen molar-refractivity contribution in [2.45, 2.75) is 30.9 Å². The first-order chi connectivity index (χ1) is 17.5. The van der Waals surface area contributed by atoms with Gasteiger partial charge in [0.25, 0.3) is 0 Å². The lowest BCUT2D eigenvalue weighted by atomic mass is 10.1. The van der Waals surface area contributed by atoms with E-state index >= 15 is 0 Å². The molecular formula is C26H26FN5O3S. The van der Waals surface area contributed by atoms with Crippen LogP contribution in [0.15, 0.2) is 54.6 Å². The summed E-state index contributed by atoms with van der Waals surface area (Å²) < 4.78 is 14.8. The molecule has 1 aromatic heterocycles. The van der Waals surface area contributed by atoms with Crippen molar-refractivity contribution < 1.29 is 18.8 Å². The molecule has 0 radical (unpaired) electrons. The summed E-state index contributed by atoms with van der Waals surface area (Å²) >= 11 is 1.70. The minimum absolute atomic E-state index is 0.00658. The van der Waals surface area contributed by atoms with E-state index in [0.717, 1.165) is 29.0 Å². The number of halogens is 1. The Morgan fingerprint density at radius 1 is 1.08 bits per heavy atom. The molecule has 1 fully saturated rings. The average Bonchev–Trinajstić information content (AvgIpc) is 3.57. The monoisotopic (exact) mass is 507 g/mol. The molecule has 186 valence electrons. The normalized spacial score (nSPS) is 16.8. The number of nitrogens with zero attached hydrogens (tertiary/aromatic N) is 3. The highest BCUT2D eigenvalue weighted by molar-refractivity contribution is 7.98. The van der Waals surface area contributed by atoms with Crippen LogP contribution in [0, 0.1) is 11.7 Å². The van der Waals surface area contributed by atoms with Gasteiger partial charge in [0, 0.05) is 42.3 Å². The van der Waals surface area contributed by atoms with Crippen LogP contribution in [0.1, 0.15) is 23.2 Å². The molecular weight excluding hydrogens is 481 g/mol. The number of nitrogens with one attached hydrogen (secondary N) is 2. The van der Waals surface area contributed by atoms with Crippen molar-refractivity contribution in [2.75, 3.05) is 23.3 Å². The van der Waals surface area contributed by atoms with Crippen molar-refractivity contribution in [3.05, 3.63) is 77.2 Å². The van der Waals surface area contributed by atoms with Crippen molar-refractivity contribution >= 4 is 41.0 Å². The van der Waals surface area contributed by atoms with Crippen LogP contribution in [0.3, 0.4) is 0 Å². The number of hydrogen-bond acceptors (Lipinski definition) is 5. The second-order valence-corrected chi connectivity index (χ2v) is 9.87. The van der Waals surface area contributed by atoms with Gasteiger partial charge in [0.1, 0.15) is 18.2 Å². The number of amides is 3. The molecule has 8 nitrogen and oxygen atoms in total. The Morgan fingerprint density at radius 3 is 2.64 bits per heavy atom. The predicted octanol–water partition coefficient (Wildman–Crippen LogP) is 3.12. The van der Waals surface area contributed by atoms with Gasteiger partial charge in [-0.25, -0.2) is 9.07 Å². The van der Waals surface area contributed by atoms with Crippen molar-refractivity contribution in [2.24, 2.45) is 5.92 Å². The first-order valence-electron chi connectivity index (χ1n) is 11.8. The molecule has 0 bridgehead atoms. The summed E-state index contributed by atoms with van der Waals surface area (Å²) in [5.74, 6) is 0.332. The van der Waals surface area contributed by atoms with Gasteiger partial charge in [0.15, 0.2) is 0 Å². The van der Waals surface area contributed by atoms with E-state index in [2.05, 4.69) is 15.7 Å². The molecule has 1 unspecified atom stereocenters. The van der Waals surface area contributed by atoms with Crippen LogP contribution in [0.2, 0.25) is 0 Å². The zero-order valence-corrected chi connectivity index (χ0v) is 20.4. The van der Waals surface area contributed by atoms with Gasteiger partial charge in [-0.2, -0.15) is 16.9 Å². The summed E-state index contributed by atoms with van der Waals surface area (Å²) in [6.07, 6.45) is 0.789. The summed E-state index contributed by atoms with van der Waals surface area (Å²) in [5.41, 5.74) is 3.49. The fourth-order valence-corrected chi connectivity index (χ4v) is 5.51. The van der Waals surface area contributed by atoms with Gasteiger partial charge < -0.3 is 15.5 Å². The van der Waals surface area contributed by atoms with Crippen LogP contribution in [0.5, 0.6) is 0 Å². The average molecular weight is 508 g/mol. The Balaban J connectivity index is 1.23. The molecule has 2 aromatic carbocycles. The van der Waals surface area contributed by atoms with E-state index in [4.69, 9.17) is 0 Å². The summed E-state index contributed by atoms with van der Waals surface area (Å²) in [6.45, 7) is 0.708. The number of carbonyl (C=O) groups is 3. The molecule has 3 amide bonds. The minimum Gasteiger partial charge on any atom is -0.354 e. The molecule has 2 N–H and O–H groups in total. The fourth-order valence-electron chi connectivity index (χ4n) is 4.48. The Morgan fingerprint density at radius 2 is 1.86 bits per heavy atom. The smallest absolute Gasteiger partial charge is 0.241 e. The largest absolute Gasteiger partial charge is 0.354 e. The zero-order chi connectivity index (χ0) is 25.1. The number of fused-ring (bicyclic) bond motifs is 1. The predicted molar refractivity (Wildman–Crippen MR) is 136 cm³/mol. The van der Waals surface area contributed by atoms with Crippen molar-refractivity contribution in [1.82, 2.24) is 15.1 Å². The van der Waals surface area contributed by atoms with Crippen LogP contribution >= 0.6 is 11.8 Å². The van der Waals surface area contributed by atoms with E-state index in [1.165, 1.54) is 29.2 Å². The second kappa shape index (κ2) is 10.5. The molecule has 0 spiro atoms. The third-order valence-corrected chi connectivity index (χ3v) is 7.34. The number of anilines is 2. The highest BCUT2D eigenvalue weighted by Gasteiger charge is 2.36. The molecule has 2 aliphatic heterocycles. The first kappa shape index (κ1) is 24.1. The molecule has 0 aliphatic carbocycles. The first-order valence-corrected chi connectivity index (χ1v) is 13.0. The standard InChI is InChI=1S/C26H26FN5O3S/c27-19-6-8-20(9-7-19)31-13-18(12-24(31)34)26(35)29-25-21-15-36-16-22(21)30-32(25)14-23(33)28-11-10-17-4-2-1-3-5-17/h1-9,18H,10-16H2,(H,28,33)(H,29,35). The van der Waals surface area contributed by atoms with Crippen molar-refractivity contribution in [3.63, 3.8) is 0 Å². The lowest BCUT2D eigenvalue weighted by Crippen LogP contribution is -2.32. The fraction of sp³-hybridized carbons (Fsp3) is 0.308. The molecule has 3 heterocycles. The molecule has 1 atom stereocenters. The van der Waals surface area contributed by atoms with Crippen LogP contribution in [0.25, 0.3) is 0 Å². The van der Waals surface area contributed by atoms with E-state index in [0.29, 0.717) is 23.8 Å². The van der Waals surface area contributed by atoms with E-state index < -0.39 is 5.92 Å². The highest BCUT2D eigenvalue weighted by Crippen LogP contribution is 2.35. The number of carbonyl (C=O) groups excluding carboxylic acids is 3. The maximum atomic E-state index is 13.3. The zero-order valence-electron chi connectivity index (χ0n) is 19.6. The maximum Gasteiger partial charge on any atom is 0.241 e. The molecule has 36 heavy (non-hydrogen) atoms. The number of benzene rings is 2. The lowest BCUT2D eigenvalue weighted by Gasteiger charge is -2.17. The number of thioether (sulfide) groups is 1. The van der Waals surface area contributed by atoms with Gasteiger partial charge in [-0.1, -0.05) is 30.3 Å². The number of hydrogen-bond donors (Lipinski definition) is 2. The molecule has 2 aliphatic rings. The Bertz CT molecular complexity index is 1280. The van der Waals surface area contributed by atoms with E-state index in [9.17, 15) is 18.8 Å². The minimum atomic E-state index is -0.560. The van der Waals surface area contributed by atoms with E-state index in [1.807, 2.05) is 30.3 Å². The van der Waals surface area contributed by atoms with Gasteiger partial charge in [-0.05, 0) is 36.2 Å². The van der Waals surface area contributed by atoms with Crippen LogP contribution in [-0.2, 0) is 38.9 Å². The van der Waals surface area contributed by atoms with E-state index in [-0.39, 0.29) is 43.0 Å². The van der Waals surface area contributed by atoms with Crippen molar-refractivity contribution in [1.29, 1.82) is 0 Å². The van der Waals surface area contributed by atoms with Gasteiger partial charge >= 0.3 is 0 Å². The number of rotatable bonds is 8. The van der Waals surface area contributed by atoms with Crippen molar-refractivity contribution in [3.8, 4) is 0 Å². The van der Waals surface area contributed by atoms with Crippen LogP contribution in [0.4, 0.5) is 15.9 Å². The molecule has 3 aromatic rings. The van der Waals surface area contributed by atoms with E-state index in [1.54, 1.807) is 16.4 Å². The van der Waals surface area contributed by atoms with Crippen LogP contribution in [-0.4, -0.2) is 40.6 Å². The molecule has 10 heteroatoms. The van der Waals surface area contributed by atoms with Crippen LogP contribution < -0.4 is 15.5 Å². The Kier molecular flexibility index (Phi) is 7.04. The SMILES string of the molecule is O=C(Cn1nc2c(c1NC(=O)C1CC(=O)N(c3ccc(F)cc3)C1)CSC2)NCCc1ccccc1. The quantitative estimate of drug-likeness (QED) is 0.489. The van der Waals surface area contributed by atoms with Gasteiger partial charge in [-0.15, -0.1) is 0 Å². The Labute approximate surface area is 212 Å². The van der Waals surface area contributed by atoms with Gasteiger partial charge in [0.2, 0.25) is 17.7 Å². The van der Waals surface area contributed by atoms with Gasteiger partial charge in [-0.3, -0.25) is 14.4 Å². The summed E-state index contributed by atoms with van der Waals surface area (Å²) in [7, 11) is 0. The molecule has 1 saturated heterocycles. The third kappa shape index (κ3) is 5.28. The third-order valence-electron chi connectivity index (χ3n) is 6.37. The number of aromatic nitrogens is 2. The highest BCUT2D eigenvalue weighted by atomic mass is 32.2. The summed E-state index contributed by atoms with van der Waals surface area (Å²) in [4.78, 5) is 39.8. The Hall–Kier alpha value is -3.66.